The molecule has 0 unspecified atom stereocenters. The van der Waals surface area contributed by atoms with E-state index in [4.69, 9.17) is 16.3 Å². The molecule has 2 aromatic carbocycles. The van der Waals surface area contributed by atoms with Crippen LogP contribution >= 0.6 is 27.5 Å². The topological polar surface area (TPSA) is 50.7 Å². The Bertz CT molecular complexity index is 717. The molecule has 4 nitrogen and oxygen atoms in total. The number of hydrazone groups is 1. The van der Waals surface area contributed by atoms with Gasteiger partial charge in [-0.25, -0.2) is 5.43 Å². The number of nitrogens with one attached hydrogen (secondary N) is 1. The van der Waals surface area contributed by atoms with Crippen molar-refractivity contribution >= 4 is 39.7 Å². The molecule has 1 N–H and O–H groups in total. The molecule has 0 aliphatic heterocycles. The minimum absolute atomic E-state index is 0.326. The van der Waals surface area contributed by atoms with Crippen molar-refractivity contribution < 1.29 is 9.53 Å². The van der Waals surface area contributed by atoms with Gasteiger partial charge in [0.15, 0.2) is 6.10 Å². The number of rotatable bonds is 5. The summed E-state index contributed by atoms with van der Waals surface area (Å²) in [6, 6.07) is 12.8. The Morgan fingerprint density at radius 1 is 1.30 bits per heavy atom. The lowest BCUT2D eigenvalue weighted by atomic mass is 10.2. The second-order valence-electron chi connectivity index (χ2n) is 4.96. The van der Waals surface area contributed by atoms with Crippen molar-refractivity contribution in [3.63, 3.8) is 0 Å². The number of aryl methyl sites for hydroxylation is 1. The van der Waals surface area contributed by atoms with Crippen molar-refractivity contribution in [3.8, 4) is 5.75 Å². The van der Waals surface area contributed by atoms with Crippen molar-refractivity contribution in [2.75, 3.05) is 0 Å². The minimum Gasteiger partial charge on any atom is -0.481 e. The van der Waals surface area contributed by atoms with E-state index in [1.54, 1.807) is 31.3 Å². The Morgan fingerprint density at radius 2 is 2.00 bits per heavy atom. The molecule has 0 heterocycles. The zero-order valence-corrected chi connectivity index (χ0v) is 15.1. The fourth-order valence-electron chi connectivity index (χ4n) is 1.80. The van der Waals surface area contributed by atoms with Gasteiger partial charge in [0.1, 0.15) is 5.75 Å². The highest BCUT2D eigenvalue weighted by atomic mass is 79.9. The number of ether oxygens (including phenoxy) is 1. The Kier molecular flexibility index (Phi) is 6.19. The quantitative estimate of drug-likeness (QED) is 0.605. The third-order valence-corrected chi connectivity index (χ3v) is 3.83. The highest BCUT2D eigenvalue weighted by Crippen LogP contribution is 2.22. The van der Waals surface area contributed by atoms with Crippen LogP contribution in [0, 0.1) is 6.92 Å². The van der Waals surface area contributed by atoms with Gasteiger partial charge < -0.3 is 4.74 Å². The first-order valence-corrected chi connectivity index (χ1v) is 8.14. The molecule has 6 heteroatoms. The van der Waals surface area contributed by atoms with Gasteiger partial charge in [0, 0.05) is 9.50 Å². The van der Waals surface area contributed by atoms with Crippen LogP contribution in [0.15, 0.2) is 52.0 Å². The molecule has 2 rings (SSSR count). The summed E-state index contributed by atoms with van der Waals surface area (Å²) in [6.45, 7) is 3.54. The molecule has 1 amide bonds. The van der Waals surface area contributed by atoms with Crippen LogP contribution in [0.5, 0.6) is 5.75 Å². The van der Waals surface area contributed by atoms with Gasteiger partial charge in [-0.2, -0.15) is 5.10 Å². The number of nitrogens with zero attached hydrogens (tertiary/aromatic N) is 1. The molecule has 0 aromatic heterocycles. The maximum absolute atomic E-state index is 12.0. The molecule has 0 radical (unpaired) electrons. The summed E-state index contributed by atoms with van der Waals surface area (Å²) in [4.78, 5) is 12.0. The highest BCUT2D eigenvalue weighted by molar-refractivity contribution is 9.10. The van der Waals surface area contributed by atoms with E-state index < -0.39 is 6.10 Å². The lowest BCUT2D eigenvalue weighted by Crippen LogP contribution is -2.33. The van der Waals surface area contributed by atoms with Crippen LogP contribution in [0.25, 0.3) is 0 Å². The van der Waals surface area contributed by atoms with E-state index in [9.17, 15) is 4.79 Å². The second-order valence-corrected chi connectivity index (χ2v) is 6.31. The summed E-state index contributed by atoms with van der Waals surface area (Å²) < 4.78 is 6.61. The number of halogens is 2. The molecular weight excluding hydrogens is 380 g/mol. The van der Waals surface area contributed by atoms with Crippen LogP contribution < -0.4 is 10.2 Å². The van der Waals surface area contributed by atoms with Crippen LogP contribution in [0.3, 0.4) is 0 Å². The van der Waals surface area contributed by atoms with E-state index in [1.165, 1.54) is 0 Å². The molecule has 0 saturated heterocycles. The SMILES string of the molecule is Cc1cc(Cl)ccc1O[C@H](C)C(=O)NN=Cc1ccc(Br)cc1. The predicted molar refractivity (Wildman–Crippen MR) is 96.2 cm³/mol. The average Bonchev–Trinajstić information content (AvgIpc) is 2.51. The first-order valence-electron chi connectivity index (χ1n) is 6.97. The Morgan fingerprint density at radius 3 is 2.65 bits per heavy atom. The number of hydrogen-bond donors (Lipinski definition) is 1. The fourth-order valence-corrected chi connectivity index (χ4v) is 2.29. The predicted octanol–water partition coefficient (Wildman–Crippen LogP) is 4.33. The molecule has 23 heavy (non-hydrogen) atoms. The molecular formula is C17H16BrClN2O2. The van der Waals surface area contributed by atoms with E-state index >= 15 is 0 Å². The Balaban J connectivity index is 1.90. The van der Waals surface area contributed by atoms with Gasteiger partial charge in [-0.05, 0) is 55.3 Å². The fraction of sp³-hybridized carbons (Fsp3) is 0.176. The molecule has 120 valence electrons. The summed E-state index contributed by atoms with van der Waals surface area (Å²) >= 11 is 9.25. The van der Waals surface area contributed by atoms with Crippen molar-refractivity contribution in [2.24, 2.45) is 5.10 Å². The molecule has 0 aliphatic carbocycles. The van der Waals surface area contributed by atoms with Crippen LogP contribution in [-0.4, -0.2) is 18.2 Å². The van der Waals surface area contributed by atoms with Crippen LogP contribution in [0.1, 0.15) is 18.1 Å². The third kappa shape index (κ3) is 5.37. The van der Waals surface area contributed by atoms with Crippen LogP contribution in [0.4, 0.5) is 0 Å². The number of amides is 1. The number of carbonyl (C=O) groups is 1. The third-order valence-electron chi connectivity index (χ3n) is 3.07. The van der Waals surface area contributed by atoms with E-state index in [2.05, 4.69) is 26.5 Å². The maximum Gasteiger partial charge on any atom is 0.280 e. The number of carbonyl (C=O) groups excluding carboxylic acids is 1. The lowest BCUT2D eigenvalue weighted by molar-refractivity contribution is -0.127. The van der Waals surface area contributed by atoms with E-state index in [0.29, 0.717) is 10.8 Å². The van der Waals surface area contributed by atoms with Crippen molar-refractivity contribution in [3.05, 3.63) is 63.1 Å². The van der Waals surface area contributed by atoms with E-state index in [1.807, 2.05) is 31.2 Å². The Labute approximate surface area is 148 Å². The van der Waals surface area contributed by atoms with Gasteiger partial charge in [-0.1, -0.05) is 39.7 Å². The van der Waals surface area contributed by atoms with Gasteiger partial charge in [-0.3, -0.25) is 4.79 Å². The van der Waals surface area contributed by atoms with Crippen LogP contribution in [0.2, 0.25) is 5.02 Å². The maximum atomic E-state index is 12.0. The summed E-state index contributed by atoms with van der Waals surface area (Å²) in [5.41, 5.74) is 4.22. The average molecular weight is 396 g/mol. The van der Waals surface area contributed by atoms with Gasteiger partial charge in [0.05, 0.1) is 6.21 Å². The molecule has 2 aromatic rings. The van der Waals surface area contributed by atoms with Gasteiger partial charge >= 0.3 is 0 Å². The molecule has 0 bridgehead atoms. The second kappa shape index (κ2) is 8.13. The summed E-state index contributed by atoms with van der Waals surface area (Å²) in [7, 11) is 0. The number of hydrogen-bond acceptors (Lipinski definition) is 3. The monoisotopic (exact) mass is 394 g/mol. The summed E-state index contributed by atoms with van der Waals surface area (Å²) in [6.07, 6.45) is 0.905. The van der Waals surface area contributed by atoms with E-state index in [0.717, 1.165) is 15.6 Å². The van der Waals surface area contributed by atoms with Gasteiger partial charge in [-0.15, -0.1) is 0 Å². The first kappa shape index (κ1) is 17.5. The molecule has 0 aliphatic rings. The molecule has 0 fully saturated rings. The zero-order chi connectivity index (χ0) is 16.8. The number of benzene rings is 2. The van der Waals surface area contributed by atoms with Gasteiger partial charge in [0.25, 0.3) is 5.91 Å². The van der Waals surface area contributed by atoms with Crippen molar-refractivity contribution in [1.29, 1.82) is 0 Å². The summed E-state index contributed by atoms with van der Waals surface area (Å²) in [5, 5.41) is 4.56. The zero-order valence-electron chi connectivity index (χ0n) is 12.7. The first-order chi connectivity index (χ1) is 11.0. The van der Waals surface area contributed by atoms with E-state index in [-0.39, 0.29) is 5.91 Å². The summed E-state index contributed by atoms with van der Waals surface area (Å²) in [5.74, 6) is 0.293. The lowest BCUT2D eigenvalue weighted by Gasteiger charge is -2.14. The molecule has 0 spiro atoms. The standard InChI is InChI=1S/C17H16BrClN2O2/c1-11-9-15(19)7-8-16(11)23-12(2)17(22)21-20-10-13-3-5-14(18)6-4-13/h3-10,12H,1-2H3,(H,21,22)/t12-/m1/s1. The smallest absolute Gasteiger partial charge is 0.280 e. The van der Waals surface area contributed by atoms with Gasteiger partial charge in [0.2, 0.25) is 0 Å². The Hall–Kier alpha value is -1.85. The van der Waals surface area contributed by atoms with Crippen molar-refractivity contribution in [1.82, 2.24) is 5.43 Å². The largest absolute Gasteiger partial charge is 0.481 e. The normalized spacial score (nSPS) is 12.2. The highest BCUT2D eigenvalue weighted by Gasteiger charge is 2.15. The molecule has 1 atom stereocenters. The van der Waals surface area contributed by atoms with Crippen LogP contribution in [-0.2, 0) is 4.79 Å². The van der Waals surface area contributed by atoms with Crippen molar-refractivity contribution in [2.45, 2.75) is 20.0 Å². The molecule has 0 saturated carbocycles. The minimum atomic E-state index is -0.669.